The third kappa shape index (κ3) is 5.58. The number of rotatable bonds is 9. The first kappa shape index (κ1) is 20.5. The molecule has 0 aromatic heterocycles. The van der Waals surface area contributed by atoms with Gasteiger partial charge in [-0.25, -0.2) is 0 Å². The van der Waals surface area contributed by atoms with Crippen LogP contribution in [0.25, 0.3) is 0 Å². The summed E-state index contributed by atoms with van der Waals surface area (Å²) >= 11 is 0. The van der Waals surface area contributed by atoms with E-state index >= 15 is 0 Å². The van der Waals surface area contributed by atoms with Crippen molar-refractivity contribution >= 4 is 11.8 Å². The predicted octanol–water partition coefficient (Wildman–Crippen LogP) is 3.70. The van der Waals surface area contributed by atoms with Gasteiger partial charge < -0.3 is 15.0 Å². The summed E-state index contributed by atoms with van der Waals surface area (Å²) in [5.74, 6) is 0.539. The zero-order valence-corrected chi connectivity index (χ0v) is 16.3. The fraction of sp³-hybridized carbons (Fsp3) is 0.364. The molecule has 0 saturated heterocycles. The molecule has 5 heteroatoms. The minimum Gasteiger partial charge on any atom is -0.497 e. The lowest BCUT2D eigenvalue weighted by Crippen LogP contribution is -2.43. The smallest absolute Gasteiger partial charge is 0.247 e. The molecule has 2 aromatic rings. The summed E-state index contributed by atoms with van der Waals surface area (Å²) in [5.41, 5.74) is 1.75. The summed E-state index contributed by atoms with van der Waals surface area (Å²) in [5, 5.41) is 2.94. The first-order valence-electron chi connectivity index (χ1n) is 9.35. The molecular formula is C22H28N2O3. The van der Waals surface area contributed by atoms with Crippen LogP contribution in [0.5, 0.6) is 5.75 Å². The number of ether oxygens (including phenoxy) is 1. The summed E-state index contributed by atoms with van der Waals surface area (Å²) in [6.07, 6.45) is 1.17. The normalized spacial score (nSPS) is 11.5. The van der Waals surface area contributed by atoms with Gasteiger partial charge in [-0.3, -0.25) is 9.59 Å². The molecule has 0 aliphatic heterocycles. The molecule has 5 nitrogen and oxygen atoms in total. The summed E-state index contributed by atoms with van der Waals surface area (Å²) in [7, 11) is 1.62. The minimum absolute atomic E-state index is 0.0636. The molecule has 2 amide bonds. The van der Waals surface area contributed by atoms with Crippen LogP contribution in [0.15, 0.2) is 54.6 Å². The van der Waals surface area contributed by atoms with Gasteiger partial charge in [0.1, 0.15) is 11.8 Å². The van der Waals surface area contributed by atoms with Crippen LogP contribution in [0.4, 0.5) is 0 Å². The van der Waals surface area contributed by atoms with Crippen molar-refractivity contribution in [3.8, 4) is 5.75 Å². The zero-order chi connectivity index (χ0) is 19.6. The number of hydrogen-bond donors (Lipinski definition) is 1. The Morgan fingerprint density at radius 2 is 1.70 bits per heavy atom. The van der Waals surface area contributed by atoms with E-state index in [1.165, 1.54) is 0 Å². The third-order valence-electron chi connectivity index (χ3n) is 4.36. The fourth-order valence-corrected chi connectivity index (χ4v) is 2.91. The zero-order valence-electron chi connectivity index (χ0n) is 16.3. The Kier molecular flexibility index (Phi) is 7.86. The van der Waals surface area contributed by atoms with Gasteiger partial charge in [0.25, 0.3) is 0 Å². The first-order valence-corrected chi connectivity index (χ1v) is 9.35. The molecule has 0 bridgehead atoms. The molecule has 2 rings (SSSR count). The minimum atomic E-state index is -0.660. The number of amides is 2. The van der Waals surface area contributed by atoms with Gasteiger partial charge in [-0.15, -0.1) is 0 Å². The molecule has 144 valence electrons. The van der Waals surface area contributed by atoms with E-state index in [4.69, 9.17) is 4.74 Å². The van der Waals surface area contributed by atoms with Crippen LogP contribution in [-0.4, -0.2) is 30.4 Å². The van der Waals surface area contributed by atoms with Gasteiger partial charge in [-0.1, -0.05) is 56.3 Å². The first-order chi connectivity index (χ1) is 13.1. The Hall–Kier alpha value is -2.82. The van der Waals surface area contributed by atoms with Crippen molar-refractivity contribution in [2.75, 3.05) is 13.7 Å². The van der Waals surface area contributed by atoms with E-state index in [2.05, 4.69) is 5.32 Å². The van der Waals surface area contributed by atoms with Crippen molar-refractivity contribution < 1.29 is 14.3 Å². The molecule has 1 N–H and O–H groups in total. The standard InChI is InChI=1S/C22H28N2O3/c1-4-15-23-22(26)21(18-9-7-6-8-10-18)24(20(25)5-2)16-17-11-13-19(27-3)14-12-17/h6-14,21H,4-5,15-16H2,1-3H3,(H,23,26)/t21-/m1/s1. The lowest BCUT2D eigenvalue weighted by molar-refractivity contribution is -0.141. The number of nitrogens with one attached hydrogen (secondary N) is 1. The Bertz CT molecular complexity index is 729. The predicted molar refractivity (Wildman–Crippen MR) is 106 cm³/mol. The largest absolute Gasteiger partial charge is 0.497 e. The highest BCUT2D eigenvalue weighted by molar-refractivity contribution is 5.88. The number of hydrogen-bond acceptors (Lipinski definition) is 3. The van der Waals surface area contributed by atoms with E-state index in [1.54, 1.807) is 12.0 Å². The van der Waals surface area contributed by atoms with E-state index in [0.717, 1.165) is 23.3 Å². The van der Waals surface area contributed by atoms with Crippen LogP contribution < -0.4 is 10.1 Å². The quantitative estimate of drug-likeness (QED) is 0.734. The lowest BCUT2D eigenvalue weighted by Gasteiger charge is -2.31. The van der Waals surface area contributed by atoms with Gasteiger partial charge in [0, 0.05) is 19.5 Å². The average molecular weight is 368 g/mol. The van der Waals surface area contributed by atoms with Gasteiger partial charge in [0.15, 0.2) is 0 Å². The topological polar surface area (TPSA) is 58.6 Å². The maximum absolute atomic E-state index is 12.9. The van der Waals surface area contributed by atoms with Crippen LogP contribution in [0.2, 0.25) is 0 Å². The number of methoxy groups -OCH3 is 1. The monoisotopic (exact) mass is 368 g/mol. The highest BCUT2D eigenvalue weighted by Crippen LogP contribution is 2.25. The molecule has 0 unspecified atom stereocenters. The van der Waals surface area contributed by atoms with Crippen molar-refractivity contribution in [3.63, 3.8) is 0 Å². The Morgan fingerprint density at radius 1 is 1.04 bits per heavy atom. The maximum Gasteiger partial charge on any atom is 0.247 e. The highest BCUT2D eigenvalue weighted by atomic mass is 16.5. The Labute approximate surface area is 161 Å². The van der Waals surface area contributed by atoms with E-state index < -0.39 is 6.04 Å². The molecule has 0 radical (unpaired) electrons. The van der Waals surface area contributed by atoms with E-state index in [-0.39, 0.29) is 11.8 Å². The lowest BCUT2D eigenvalue weighted by atomic mass is 10.0. The van der Waals surface area contributed by atoms with Crippen molar-refractivity contribution in [1.82, 2.24) is 10.2 Å². The second kappa shape index (κ2) is 10.4. The van der Waals surface area contributed by atoms with Crippen molar-refractivity contribution in [1.29, 1.82) is 0 Å². The van der Waals surface area contributed by atoms with E-state index in [0.29, 0.717) is 19.5 Å². The maximum atomic E-state index is 12.9. The molecular weight excluding hydrogens is 340 g/mol. The molecule has 0 aliphatic carbocycles. The second-order valence-electron chi connectivity index (χ2n) is 6.33. The summed E-state index contributed by atoms with van der Waals surface area (Å²) in [6.45, 7) is 4.76. The average Bonchev–Trinajstić information content (AvgIpc) is 2.72. The van der Waals surface area contributed by atoms with Gasteiger partial charge in [0.2, 0.25) is 11.8 Å². The molecule has 1 atom stereocenters. The van der Waals surface area contributed by atoms with Crippen LogP contribution in [0, 0.1) is 0 Å². The third-order valence-corrected chi connectivity index (χ3v) is 4.36. The molecule has 0 saturated carbocycles. The van der Waals surface area contributed by atoms with E-state index in [1.807, 2.05) is 68.4 Å². The number of carbonyl (C=O) groups is 2. The summed E-state index contributed by atoms with van der Waals surface area (Å²) < 4.78 is 5.20. The molecule has 0 aliphatic rings. The fourth-order valence-electron chi connectivity index (χ4n) is 2.91. The van der Waals surface area contributed by atoms with Crippen LogP contribution in [0.1, 0.15) is 43.9 Å². The highest BCUT2D eigenvalue weighted by Gasteiger charge is 2.30. The molecule has 2 aromatic carbocycles. The molecule has 0 heterocycles. The molecule has 0 fully saturated rings. The Balaban J connectivity index is 2.37. The van der Waals surface area contributed by atoms with Crippen molar-refractivity contribution in [2.45, 2.75) is 39.3 Å². The van der Waals surface area contributed by atoms with E-state index in [9.17, 15) is 9.59 Å². The number of benzene rings is 2. The summed E-state index contributed by atoms with van der Waals surface area (Å²) in [4.78, 5) is 27.3. The van der Waals surface area contributed by atoms with Gasteiger partial charge in [0.05, 0.1) is 7.11 Å². The van der Waals surface area contributed by atoms with Crippen molar-refractivity contribution in [2.24, 2.45) is 0 Å². The van der Waals surface area contributed by atoms with Gasteiger partial charge in [-0.2, -0.15) is 0 Å². The summed E-state index contributed by atoms with van der Waals surface area (Å²) in [6, 6.07) is 16.3. The van der Waals surface area contributed by atoms with Crippen LogP contribution in [0.3, 0.4) is 0 Å². The molecule has 27 heavy (non-hydrogen) atoms. The van der Waals surface area contributed by atoms with Gasteiger partial charge in [-0.05, 0) is 29.7 Å². The Morgan fingerprint density at radius 3 is 2.26 bits per heavy atom. The number of nitrogens with zero attached hydrogens (tertiary/aromatic N) is 1. The molecule has 0 spiro atoms. The van der Waals surface area contributed by atoms with Crippen molar-refractivity contribution in [3.05, 3.63) is 65.7 Å². The van der Waals surface area contributed by atoms with Crippen LogP contribution in [-0.2, 0) is 16.1 Å². The SMILES string of the molecule is CCCNC(=O)[C@@H](c1ccccc1)N(Cc1ccc(OC)cc1)C(=O)CC. The van der Waals surface area contributed by atoms with Crippen LogP contribution >= 0.6 is 0 Å². The second-order valence-corrected chi connectivity index (χ2v) is 6.33. The number of carbonyl (C=O) groups excluding carboxylic acids is 2. The van der Waals surface area contributed by atoms with Gasteiger partial charge >= 0.3 is 0 Å².